The second kappa shape index (κ2) is 14.4. The largest absolute Gasteiger partial charge is 0.490 e. The lowest BCUT2D eigenvalue weighted by Gasteiger charge is -2.41. The van der Waals surface area contributed by atoms with E-state index in [-0.39, 0.29) is 66.7 Å². The van der Waals surface area contributed by atoms with E-state index >= 15 is 4.39 Å². The first kappa shape index (κ1) is 34.9. The molecule has 0 spiro atoms. The van der Waals surface area contributed by atoms with Crippen LogP contribution in [0.3, 0.4) is 0 Å². The number of carbonyl (C=O) groups is 4. The SMILES string of the molecule is N#Cc1ccc(O[C@H]2CC[C@H](NC(=O)c3ccc(N4C5CCC4CN(Cc4cc(F)c6c(c4)CN(C4CCC(=O)NC4=O)C6=O)C5)nn3)CC2)cc1Cl. The van der Waals surface area contributed by atoms with Crippen LogP contribution in [0, 0.1) is 17.1 Å². The van der Waals surface area contributed by atoms with Crippen LogP contribution in [0.15, 0.2) is 42.5 Å². The third-order valence-electron chi connectivity index (χ3n) is 11.1. The first-order chi connectivity index (χ1) is 25.6. The van der Waals surface area contributed by atoms with E-state index in [0.29, 0.717) is 28.4 Å². The molecule has 1 aromatic heterocycles. The molecule has 274 valence electrons. The lowest BCUT2D eigenvalue weighted by atomic mass is 9.93. The van der Waals surface area contributed by atoms with Crippen LogP contribution < -0.4 is 20.3 Å². The van der Waals surface area contributed by atoms with Gasteiger partial charge < -0.3 is 19.9 Å². The normalized spacial score (nSPS) is 25.5. The Morgan fingerprint density at radius 3 is 2.45 bits per heavy atom. The minimum Gasteiger partial charge on any atom is -0.490 e. The fraction of sp³-hybridized carbons (Fsp3) is 0.447. The summed E-state index contributed by atoms with van der Waals surface area (Å²) in [5.41, 5.74) is 1.99. The lowest BCUT2D eigenvalue weighted by Crippen LogP contribution is -2.53. The highest BCUT2D eigenvalue weighted by atomic mass is 35.5. The van der Waals surface area contributed by atoms with Gasteiger partial charge in [-0.1, -0.05) is 17.7 Å². The third-order valence-corrected chi connectivity index (χ3v) is 11.4. The van der Waals surface area contributed by atoms with Gasteiger partial charge in [-0.15, -0.1) is 10.2 Å². The van der Waals surface area contributed by atoms with Gasteiger partial charge >= 0.3 is 0 Å². The molecular weight excluding hydrogens is 703 g/mol. The first-order valence-electron chi connectivity index (χ1n) is 18.1. The van der Waals surface area contributed by atoms with Crippen LogP contribution in [-0.4, -0.2) is 87.0 Å². The highest BCUT2D eigenvalue weighted by molar-refractivity contribution is 6.31. The van der Waals surface area contributed by atoms with E-state index < -0.39 is 23.7 Å². The number of hydrogen-bond donors (Lipinski definition) is 2. The standard InChI is InChI=1S/C38H38ClFN8O5/c39-29-15-28(6-1-22(29)16-41)53-27-7-2-24(3-8-27)42-36(50)31-9-11-33(45-44-31)48-25-4-5-26(48)20-46(19-25)17-21-13-23-18-47(38(52)35(23)30(40)14-21)32-10-12-34(49)43-37(32)51/h1,6,9,11,13-15,24-27,32H,2-5,7-8,10,12,17-20H2,(H,42,50)(H,43,49,51)/t24-,25?,26?,27-,32?. The second-order valence-electron chi connectivity index (χ2n) is 14.6. The van der Waals surface area contributed by atoms with E-state index in [0.717, 1.165) is 63.0 Å². The van der Waals surface area contributed by atoms with Crippen molar-refractivity contribution in [2.45, 2.75) is 94.7 Å². The molecule has 4 amide bonds. The molecule has 2 bridgehead atoms. The Bertz CT molecular complexity index is 2000. The fourth-order valence-corrected chi connectivity index (χ4v) is 8.80. The predicted octanol–water partition coefficient (Wildman–Crippen LogP) is 3.87. The average molecular weight is 741 g/mol. The number of imide groups is 1. The number of aromatic nitrogens is 2. The van der Waals surface area contributed by atoms with E-state index in [4.69, 9.17) is 21.6 Å². The summed E-state index contributed by atoms with van der Waals surface area (Å²) >= 11 is 6.14. The molecule has 8 rings (SSSR count). The second-order valence-corrected chi connectivity index (χ2v) is 15.0. The molecule has 0 radical (unpaired) electrons. The van der Waals surface area contributed by atoms with Gasteiger partial charge in [0.25, 0.3) is 11.8 Å². The number of ether oxygens (including phenoxy) is 1. The van der Waals surface area contributed by atoms with Gasteiger partial charge in [-0.2, -0.15) is 5.26 Å². The molecular formula is C38H38ClFN8O5. The summed E-state index contributed by atoms with van der Waals surface area (Å²) in [6, 6.07) is 13.5. The number of piperidine rings is 1. The lowest BCUT2D eigenvalue weighted by molar-refractivity contribution is -0.136. The molecule has 4 aliphatic heterocycles. The van der Waals surface area contributed by atoms with Gasteiger partial charge in [-0.05, 0) is 86.4 Å². The minimum atomic E-state index is -0.792. The molecule has 3 unspecified atom stereocenters. The summed E-state index contributed by atoms with van der Waals surface area (Å²) in [5, 5.41) is 23.6. The molecule has 4 fully saturated rings. The zero-order chi connectivity index (χ0) is 36.8. The number of likely N-dealkylation sites (tertiary alicyclic amines) is 1. The molecule has 13 nitrogen and oxygen atoms in total. The summed E-state index contributed by atoms with van der Waals surface area (Å²) in [5.74, 6) is -0.903. The van der Waals surface area contributed by atoms with Gasteiger partial charge in [-0.3, -0.25) is 29.4 Å². The number of carbonyl (C=O) groups excluding carboxylic acids is 4. The van der Waals surface area contributed by atoms with E-state index in [2.05, 4.69) is 30.6 Å². The van der Waals surface area contributed by atoms with Crippen molar-refractivity contribution in [2.75, 3.05) is 18.0 Å². The number of anilines is 1. The molecule has 2 N–H and O–H groups in total. The molecule has 53 heavy (non-hydrogen) atoms. The molecule has 5 aliphatic rings. The Labute approximate surface area is 310 Å². The zero-order valence-electron chi connectivity index (χ0n) is 28.9. The van der Waals surface area contributed by atoms with Crippen LogP contribution >= 0.6 is 11.6 Å². The van der Waals surface area contributed by atoms with Gasteiger partial charge in [0.2, 0.25) is 11.8 Å². The third kappa shape index (κ3) is 7.03. The average Bonchev–Trinajstić information content (AvgIpc) is 3.61. The Balaban J connectivity index is 0.836. The highest BCUT2D eigenvalue weighted by Gasteiger charge is 2.43. The zero-order valence-corrected chi connectivity index (χ0v) is 29.6. The predicted molar refractivity (Wildman–Crippen MR) is 189 cm³/mol. The summed E-state index contributed by atoms with van der Waals surface area (Å²) < 4.78 is 21.4. The van der Waals surface area contributed by atoms with E-state index in [9.17, 15) is 19.2 Å². The Kier molecular flexibility index (Phi) is 9.46. The van der Waals surface area contributed by atoms with Gasteiger partial charge in [0.05, 0.1) is 22.3 Å². The summed E-state index contributed by atoms with van der Waals surface area (Å²) in [4.78, 5) is 56.2. The summed E-state index contributed by atoms with van der Waals surface area (Å²) in [6.07, 6.45) is 5.38. The van der Waals surface area contributed by atoms with Crippen LogP contribution in [0.25, 0.3) is 0 Å². The molecule has 15 heteroatoms. The number of fused-ring (bicyclic) bond motifs is 3. The molecule has 3 atom stereocenters. The maximum Gasteiger partial charge on any atom is 0.272 e. The smallest absolute Gasteiger partial charge is 0.272 e. The minimum absolute atomic E-state index is 0.000124. The van der Waals surface area contributed by atoms with Crippen molar-refractivity contribution in [3.8, 4) is 11.8 Å². The van der Waals surface area contributed by atoms with Crippen LogP contribution in [0.1, 0.15) is 88.9 Å². The van der Waals surface area contributed by atoms with E-state index in [1.54, 1.807) is 24.3 Å². The molecule has 3 aromatic rings. The Morgan fingerprint density at radius 2 is 1.77 bits per heavy atom. The molecule has 3 saturated heterocycles. The van der Waals surface area contributed by atoms with Gasteiger partial charge in [0, 0.05) is 56.8 Å². The number of benzene rings is 2. The molecule has 2 aromatic carbocycles. The van der Waals surface area contributed by atoms with Crippen molar-refractivity contribution in [1.82, 2.24) is 30.6 Å². The highest BCUT2D eigenvalue weighted by Crippen LogP contribution is 2.36. The van der Waals surface area contributed by atoms with Crippen LogP contribution in [0.4, 0.5) is 10.2 Å². The maximum atomic E-state index is 15.4. The number of rotatable bonds is 8. The Hall–Kier alpha value is -5.13. The van der Waals surface area contributed by atoms with E-state index in [1.807, 2.05) is 18.2 Å². The number of hydrogen-bond acceptors (Lipinski definition) is 10. The maximum absolute atomic E-state index is 15.4. The number of nitriles is 1. The molecule has 5 heterocycles. The van der Waals surface area contributed by atoms with Crippen molar-refractivity contribution in [1.29, 1.82) is 5.26 Å². The van der Waals surface area contributed by atoms with Crippen LogP contribution in [0.2, 0.25) is 5.02 Å². The van der Waals surface area contributed by atoms with Gasteiger partial charge in [-0.25, -0.2) is 4.39 Å². The molecule has 1 saturated carbocycles. The van der Waals surface area contributed by atoms with Crippen LogP contribution in [-0.2, 0) is 22.7 Å². The number of amides is 4. The van der Waals surface area contributed by atoms with Crippen molar-refractivity contribution < 1.29 is 28.3 Å². The quantitative estimate of drug-likeness (QED) is 0.325. The van der Waals surface area contributed by atoms with Crippen molar-refractivity contribution in [2.24, 2.45) is 0 Å². The number of nitrogens with one attached hydrogen (secondary N) is 2. The summed E-state index contributed by atoms with van der Waals surface area (Å²) in [7, 11) is 0. The first-order valence-corrected chi connectivity index (χ1v) is 18.5. The van der Waals surface area contributed by atoms with Gasteiger partial charge in [0.15, 0.2) is 11.5 Å². The van der Waals surface area contributed by atoms with Crippen molar-refractivity contribution >= 4 is 41.0 Å². The van der Waals surface area contributed by atoms with Crippen LogP contribution in [0.5, 0.6) is 5.75 Å². The van der Waals surface area contributed by atoms with Gasteiger partial charge in [0.1, 0.15) is 23.7 Å². The fourth-order valence-electron chi connectivity index (χ4n) is 8.58. The topological polar surface area (TPSA) is 161 Å². The molecule has 1 aliphatic carbocycles. The van der Waals surface area contributed by atoms with Crippen molar-refractivity contribution in [3.63, 3.8) is 0 Å². The number of halogens is 2. The Morgan fingerprint density at radius 1 is 1.00 bits per heavy atom. The number of nitrogens with zero attached hydrogens (tertiary/aromatic N) is 6. The number of piperazine rings is 1. The monoisotopic (exact) mass is 740 g/mol. The summed E-state index contributed by atoms with van der Waals surface area (Å²) in [6.45, 7) is 2.13. The van der Waals surface area contributed by atoms with E-state index in [1.165, 1.54) is 11.0 Å². The van der Waals surface area contributed by atoms with Crippen molar-refractivity contribution in [3.05, 3.63) is 81.3 Å².